The summed E-state index contributed by atoms with van der Waals surface area (Å²) in [5, 5.41) is 5.29. The van der Waals surface area contributed by atoms with Crippen LogP contribution < -0.4 is 5.14 Å². The van der Waals surface area contributed by atoms with E-state index >= 15 is 0 Å². The smallest absolute Gasteiger partial charge is 0.343 e. The normalized spacial score (nSPS) is 9.50. The Morgan fingerprint density at radius 2 is 2.33 bits per heavy atom. The van der Waals surface area contributed by atoms with Crippen LogP contribution in [-0.4, -0.2) is 5.97 Å². The van der Waals surface area contributed by atoms with Crippen molar-refractivity contribution in [1.29, 1.82) is 0 Å². The van der Waals surface area contributed by atoms with E-state index in [0.717, 1.165) is 16.8 Å². The van der Waals surface area contributed by atoms with E-state index in [1.165, 1.54) is 0 Å². The van der Waals surface area contributed by atoms with E-state index in [2.05, 4.69) is 4.29 Å². The number of carbonyl (C=O) groups excluding carboxylic acids is 1. The van der Waals surface area contributed by atoms with Gasteiger partial charge in [0.15, 0.2) is 0 Å². The fourth-order valence-electron chi connectivity index (χ4n) is 0.741. The van der Waals surface area contributed by atoms with Crippen LogP contribution in [0.1, 0.15) is 10.4 Å². The molecule has 0 aliphatic rings. The zero-order valence-corrected chi connectivity index (χ0v) is 7.56. The van der Waals surface area contributed by atoms with Gasteiger partial charge in [0.1, 0.15) is 11.9 Å². The molecule has 0 aromatic heterocycles. The van der Waals surface area contributed by atoms with Crippen molar-refractivity contribution in [2.45, 2.75) is 4.90 Å². The molecule has 5 heteroatoms. The summed E-state index contributed by atoms with van der Waals surface area (Å²) in [6.07, 6.45) is 0. The van der Waals surface area contributed by atoms with E-state index in [4.69, 9.17) is 17.0 Å². The Morgan fingerprint density at radius 3 is 2.92 bits per heavy atom. The predicted octanol–water partition coefficient (Wildman–Crippen LogP) is 1.96. The number of hydrogen-bond acceptors (Lipinski definition) is 4. The largest absolute Gasteiger partial charge is 0.356 e. The maximum absolute atomic E-state index is 10.9. The third-order valence-corrected chi connectivity index (χ3v) is 1.94. The standard InChI is InChI=1S/C7H6ClNO2S/c8-11-7(10)5-2-1-3-6(4-5)12-9/h1-4H,9H2. The molecule has 0 amide bonds. The van der Waals surface area contributed by atoms with Gasteiger partial charge in [-0.3, -0.25) is 5.14 Å². The summed E-state index contributed by atoms with van der Waals surface area (Å²) >= 11 is 5.95. The molecule has 1 rings (SSSR count). The molecule has 0 atom stereocenters. The first-order valence-corrected chi connectivity index (χ1v) is 4.26. The Morgan fingerprint density at radius 1 is 1.58 bits per heavy atom. The number of hydrogen-bond donors (Lipinski definition) is 1. The lowest BCUT2D eigenvalue weighted by Gasteiger charge is -1.98. The molecular weight excluding hydrogens is 198 g/mol. The molecule has 1 aromatic carbocycles. The molecule has 0 saturated carbocycles. The highest BCUT2D eigenvalue weighted by Gasteiger charge is 2.05. The highest BCUT2D eigenvalue weighted by Crippen LogP contribution is 2.14. The van der Waals surface area contributed by atoms with Gasteiger partial charge in [-0.05, 0) is 30.1 Å². The second-order valence-electron chi connectivity index (χ2n) is 2.01. The minimum Gasteiger partial charge on any atom is -0.343 e. The van der Waals surface area contributed by atoms with Crippen LogP contribution >= 0.6 is 23.8 Å². The zero-order chi connectivity index (χ0) is 8.97. The molecule has 0 heterocycles. The summed E-state index contributed by atoms with van der Waals surface area (Å²) in [6.45, 7) is 0. The van der Waals surface area contributed by atoms with E-state index in [0.29, 0.717) is 5.56 Å². The third-order valence-electron chi connectivity index (χ3n) is 1.28. The lowest BCUT2D eigenvalue weighted by Crippen LogP contribution is -1.97. The number of rotatable bonds is 2. The van der Waals surface area contributed by atoms with Crippen molar-refractivity contribution < 1.29 is 9.08 Å². The Labute approximate surface area is 79.1 Å². The number of benzene rings is 1. The van der Waals surface area contributed by atoms with Crippen LogP contribution in [-0.2, 0) is 4.29 Å². The first-order valence-electron chi connectivity index (χ1n) is 3.07. The van der Waals surface area contributed by atoms with Crippen molar-refractivity contribution in [1.82, 2.24) is 0 Å². The monoisotopic (exact) mass is 203 g/mol. The molecule has 1 aromatic rings. The molecule has 12 heavy (non-hydrogen) atoms. The highest BCUT2D eigenvalue weighted by molar-refractivity contribution is 7.97. The van der Waals surface area contributed by atoms with Crippen molar-refractivity contribution in [2.24, 2.45) is 5.14 Å². The fourth-order valence-corrected chi connectivity index (χ4v) is 1.18. The molecule has 0 spiro atoms. The molecule has 64 valence electrons. The molecule has 0 bridgehead atoms. The second kappa shape index (κ2) is 4.35. The maximum atomic E-state index is 10.9. The van der Waals surface area contributed by atoms with Gasteiger partial charge in [-0.15, -0.1) is 0 Å². The Hall–Kier alpha value is -0.710. The number of nitrogens with two attached hydrogens (primary N) is 1. The zero-order valence-electron chi connectivity index (χ0n) is 5.99. The van der Waals surface area contributed by atoms with Crippen LogP contribution in [0, 0.1) is 0 Å². The summed E-state index contributed by atoms with van der Waals surface area (Å²) in [5.41, 5.74) is 0.389. The molecule has 0 radical (unpaired) electrons. The Bertz CT molecular complexity index is 292. The van der Waals surface area contributed by atoms with Gasteiger partial charge in [-0.25, -0.2) is 4.79 Å². The van der Waals surface area contributed by atoms with Gasteiger partial charge in [0.2, 0.25) is 0 Å². The van der Waals surface area contributed by atoms with E-state index in [-0.39, 0.29) is 0 Å². The highest BCUT2D eigenvalue weighted by atomic mass is 35.5. The summed E-state index contributed by atoms with van der Waals surface area (Å²) in [5.74, 6) is -0.576. The molecule has 3 nitrogen and oxygen atoms in total. The number of carbonyl (C=O) groups is 1. The van der Waals surface area contributed by atoms with Gasteiger partial charge >= 0.3 is 5.97 Å². The Kier molecular flexibility index (Phi) is 3.40. The van der Waals surface area contributed by atoms with E-state index in [1.807, 2.05) is 0 Å². The van der Waals surface area contributed by atoms with Crippen molar-refractivity contribution in [3.63, 3.8) is 0 Å². The van der Waals surface area contributed by atoms with Crippen molar-refractivity contribution >= 4 is 29.8 Å². The number of halogens is 1. The first-order chi connectivity index (χ1) is 5.77. The van der Waals surface area contributed by atoms with Crippen LogP contribution in [0.4, 0.5) is 0 Å². The summed E-state index contributed by atoms with van der Waals surface area (Å²) in [7, 11) is 0. The molecular formula is C7H6ClNO2S. The van der Waals surface area contributed by atoms with Gasteiger partial charge in [0, 0.05) is 4.90 Å². The van der Waals surface area contributed by atoms with Gasteiger partial charge < -0.3 is 4.29 Å². The van der Waals surface area contributed by atoms with E-state index < -0.39 is 5.97 Å². The summed E-state index contributed by atoms with van der Waals surface area (Å²) in [4.78, 5) is 11.7. The average Bonchev–Trinajstić information content (AvgIpc) is 2.17. The average molecular weight is 204 g/mol. The third kappa shape index (κ3) is 2.14. The van der Waals surface area contributed by atoms with Crippen molar-refractivity contribution in [3.05, 3.63) is 29.8 Å². The lowest BCUT2D eigenvalue weighted by molar-refractivity contribution is 0.0751. The Balaban J connectivity index is 2.93. The molecule has 0 aliphatic carbocycles. The molecule has 0 aliphatic heterocycles. The second-order valence-corrected chi connectivity index (χ2v) is 2.87. The lowest BCUT2D eigenvalue weighted by atomic mass is 10.2. The molecule has 0 fully saturated rings. The molecule has 0 saturated heterocycles. The van der Waals surface area contributed by atoms with Crippen molar-refractivity contribution in [3.8, 4) is 0 Å². The van der Waals surface area contributed by atoms with Gasteiger partial charge in [-0.2, -0.15) is 0 Å². The maximum Gasteiger partial charge on any atom is 0.356 e. The van der Waals surface area contributed by atoms with E-state index in [9.17, 15) is 4.79 Å². The molecule has 2 N–H and O–H groups in total. The fraction of sp³-hybridized carbons (Fsp3) is 0. The van der Waals surface area contributed by atoms with Crippen LogP contribution in [0.5, 0.6) is 0 Å². The van der Waals surface area contributed by atoms with Crippen LogP contribution in [0.3, 0.4) is 0 Å². The minimum atomic E-state index is -0.576. The molecule has 0 unspecified atom stereocenters. The van der Waals surface area contributed by atoms with Crippen LogP contribution in [0.2, 0.25) is 0 Å². The minimum absolute atomic E-state index is 0.389. The van der Waals surface area contributed by atoms with Gasteiger partial charge in [-0.1, -0.05) is 6.07 Å². The van der Waals surface area contributed by atoms with Gasteiger partial charge in [0.25, 0.3) is 0 Å². The van der Waals surface area contributed by atoms with Crippen LogP contribution in [0.15, 0.2) is 29.2 Å². The predicted molar refractivity (Wildman–Crippen MR) is 47.8 cm³/mol. The first kappa shape index (κ1) is 9.38. The quantitative estimate of drug-likeness (QED) is 0.747. The van der Waals surface area contributed by atoms with E-state index in [1.54, 1.807) is 24.3 Å². The summed E-state index contributed by atoms with van der Waals surface area (Å²) < 4.78 is 4.02. The van der Waals surface area contributed by atoms with Crippen LogP contribution in [0.25, 0.3) is 0 Å². The topological polar surface area (TPSA) is 52.3 Å². The SMILES string of the molecule is NSc1cccc(C(=O)OCl)c1. The van der Waals surface area contributed by atoms with Gasteiger partial charge in [0.05, 0.1) is 5.56 Å². The van der Waals surface area contributed by atoms with Crippen molar-refractivity contribution in [2.75, 3.05) is 0 Å². The summed E-state index contributed by atoms with van der Waals surface area (Å²) in [6, 6.07) is 6.70.